The van der Waals surface area contributed by atoms with Crippen molar-refractivity contribution < 1.29 is 14.3 Å². The number of nitrogens with two attached hydrogens (primary N) is 1. The summed E-state index contributed by atoms with van der Waals surface area (Å²) >= 11 is 0. The summed E-state index contributed by atoms with van der Waals surface area (Å²) < 4.78 is 4.86. The minimum absolute atomic E-state index is 0.00714. The van der Waals surface area contributed by atoms with Gasteiger partial charge >= 0.3 is 5.97 Å². The Morgan fingerprint density at radius 3 is 2.62 bits per heavy atom. The predicted octanol–water partition coefficient (Wildman–Crippen LogP) is 1.58. The number of benzene rings is 1. The van der Waals surface area contributed by atoms with E-state index in [4.69, 9.17) is 10.5 Å². The van der Waals surface area contributed by atoms with Gasteiger partial charge in [0.05, 0.1) is 12.2 Å². The standard InChI is InChI=1S/C12H15NO3/c1-3-16-12(15)9-4-5-11(13)10(7-9)6-8(2)14/h4-5,7H,3,6,13H2,1-2H3. The summed E-state index contributed by atoms with van der Waals surface area (Å²) in [6, 6.07) is 4.82. The number of hydrogen-bond donors (Lipinski definition) is 1. The van der Waals surface area contributed by atoms with Crippen LogP contribution in [0.4, 0.5) is 5.69 Å². The normalized spacial score (nSPS) is 9.88. The largest absolute Gasteiger partial charge is 0.462 e. The third kappa shape index (κ3) is 3.08. The lowest BCUT2D eigenvalue weighted by Gasteiger charge is -2.06. The Hall–Kier alpha value is -1.84. The van der Waals surface area contributed by atoms with Gasteiger partial charge in [-0.25, -0.2) is 4.79 Å². The minimum Gasteiger partial charge on any atom is -0.462 e. The van der Waals surface area contributed by atoms with Crippen LogP contribution in [0, 0.1) is 0 Å². The van der Waals surface area contributed by atoms with Crippen molar-refractivity contribution >= 4 is 17.4 Å². The van der Waals surface area contributed by atoms with Crippen molar-refractivity contribution in [2.24, 2.45) is 0 Å². The van der Waals surface area contributed by atoms with Crippen molar-refractivity contribution in [1.29, 1.82) is 0 Å². The molecule has 2 N–H and O–H groups in total. The predicted molar refractivity (Wildman–Crippen MR) is 61.2 cm³/mol. The van der Waals surface area contributed by atoms with E-state index in [1.54, 1.807) is 25.1 Å². The molecule has 0 radical (unpaired) electrons. The van der Waals surface area contributed by atoms with Gasteiger partial charge in [-0.2, -0.15) is 0 Å². The molecular formula is C12H15NO3. The van der Waals surface area contributed by atoms with Gasteiger partial charge in [-0.3, -0.25) is 4.79 Å². The molecule has 0 aliphatic rings. The van der Waals surface area contributed by atoms with Crippen LogP contribution >= 0.6 is 0 Å². The molecule has 0 aliphatic heterocycles. The van der Waals surface area contributed by atoms with Crippen LogP contribution in [0.25, 0.3) is 0 Å². The fourth-order valence-electron chi connectivity index (χ4n) is 1.37. The second-order valence-electron chi connectivity index (χ2n) is 3.51. The fraction of sp³-hybridized carbons (Fsp3) is 0.333. The van der Waals surface area contributed by atoms with E-state index in [0.717, 1.165) is 0 Å². The zero-order valence-electron chi connectivity index (χ0n) is 9.45. The molecule has 0 saturated heterocycles. The Labute approximate surface area is 94.4 Å². The van der Waals surface area contributed by atoms with Crippen LogP contribution in [0.1, 0.15) is 29.8 Å². The SMILES string of the molecule is CCOC(=O)c1ccc(N)c(CC(C)=O)c1. The molecule has 0 aliphatic carbocycles. The molecule has 16 heavy (non-hydrogen) atoms. The highest BCUT2D eigenvalue weighted by Gasteiger charge is 2.10. The summed E-state index contributed by atoms with van der Waals surface area (Å²) in [7, 11) is 0. The quantitative estimate of drug-likeness (QED) is 0.619. The summed E-state index contributed by atoms with van der Waals surface area (Å²) in [5.74, 6) is -0.389. The number of hydrogen-bond acceptors (Lipinski definition) is 4. The Bertz CT molecular complexity index is 413. The van der Waals surface area contributed by atoms with E-state index >= 15 is 0 Å². The molecule has 4 heteroatoms. The first-order valence-corrected chi connectivity index (χ1v) is 5.09. The smallest absolute Gasteiger partial charge is 0.338 e. The van der Waals surface area contributed by atoms with Crippen LogP contribution in [-0.4, -0.2) is 18.4 Å². The highest BCUT2D eigenvalue weighted by Crippen LogP contribution is 2.16. The van der Waals surface area contributed by atoms with Crippen LogP contribution in [0.2, 0.25) is 0 Å². The number of anilines is 1. The second-order valence-corrected chi connectivity index (χ2v) is 3.51. The van der Waals surface area contributed by atoms with Crippen LogP contribution < -0.4 is 5.73 Å². The molecule has 0 heterocycles. The number of rotatable bonds is 4. The topological polar surface area (TPSA) is 69.4 Å². The molecule has 0 amide bonds. The van der Waals surface area contributed by atoms with Gasteiger partial charge in [-0.15, -0.1) is 0 Å². The molecule has 0 fully saturated rings. The Morgan fingerprint density at radius 1 is 1.38 bits per heavy atom. The second kappa shape index (κ2) is 5.30. The lowest BCUT2D eigenvalue weighted by molar-refractivity contribution is -0.116. The van der Waals surface area contributed by atoms with Crippen molar-refractivity contribution in [2.45, 2.75) is 20.3 Å². The molecule has 4 nitrogen and oxygen atoms in total. The van der Waals surface area contributed by atoms with Crippen LogP contribution in [0.5, 0.6) is 0 Å². The zero-order valence-corrected chi connectivity index (χ0v) is 9.45. The average molecular weight is 221 g/mol. The monoisotopic (exact) mass is 221 g/mol. The minimum atomic E-state index is -0.396. The first-order valence-electron chi connectivity index (χ1n) is 5.09. The molecular weight excluding hydrogens is 206 g/mol. The van der Waals surface area contributed by atoms with E-state index in [2.05, 4.69) is 0 Å². The third-order valence-corrected chi connectivity index (χ3v) is 2.09. The molecule has 0 bridgehead atoms. The van der Waals surface area contributed by atoms with Gasteiger partial charge in [-0.05, 0) is 37.6 Å². The number of carbonyl (C=O) groups is 2. The van der Waals surface area contributed by atoms with Crippen molar-refractivity contribution in [3.8, 4) is 0 Å². The van der Waals surface area contributed by atoms with Crippen molar-refractivity contribution in [2.75, 3.05) is 12.3 Å². The highest BCUT2D eigenvalue weighted by atomic mass is 16.5. The van der Waals surface area contributed by atoms with E-state index in [1.165, 1.54) is 6.92 Å². The summed E-state index contributed by atoms with van der Waals surface area (Å²) in [5.41, 5.74) is 7.31. The first kappa shape index (κ1) is 12.2. The third-order valence-electron chi connectivity index (χ3n) is 2.09. The van der Waals surface area contributed by atoms with Crippen LogP contribution in [-0.2, 0) is 16.0 Å². The van der Waals surface area contributed by atoms with Gasteiger partial charge in [0.1, 0.15) is 5.78 Å². The number of carbonyl (C=O) groups excluding carboxylic acids is 2. The molecule has 0 atom stereocenters. The van der Waals surface area contributed by atoms with Crippen LogP contribution in [0.3, 0.4) is 0 Å². The number of nitrogen functional groups attached to an aromatic ring is 1. The Balaban J connectivity index is 2.97. The molecule has 0 saturated carbocycles. The number of ketones is 1. The van der Waals surface area contributed by atoms with E-state index in [9.17, 15) is 9.59 Å². The summed E-state index contributed by atoms with van der Waals surface area (Å²) in [6.07, 6.45) is 0.235. The molecule has 0 unspecified atom stereocenters. The maximum atomic E-state index is 11.4. The van der Waals surface area contributed by atoms with Gasteiger partial charge < -0.3 is 10.5 Å². The maximum Gasteiger partial charge on any atom is 0.338 e. The molecule has 1 rings (SSSR count). The Morgan fingerprint density at radius 2 is 2.06 bits per heavy atom. The summed E-state index contributed by atoms with van der Waals surface area (Å²) in [6.45, 7) is 3.55. The molecule has 0 spiro atoms. The number of Topliss-reactive ketones (excluding diaryl/α,β-unsaturated/α-hetero) is 1. The molecule has 1 aromatic rings. The van der Waals surface area contributed by atoms with E-state index in [0.29, 0.717) is 23.4 Å². The average Bonchev–Trinajstić information content (AvgIpc) is 2.21. The molecule has 1 aromatic carbocycles. The maximum absolute atomic E-state index is 11.4. The zero-order chi connectivity index (χ0) is 12.1. The van der Waals surface area contributed by atoms with Gasteiger partial charge in [0.2, 0.25) is 0 Å². The Kier molecular flexibility index (Phi) is 4.05. The van der Waals surface area contributed by atoms with E-state index in [1.807, 2.05) is 0 Å². The molecule has 0 aromatic heterocycles. The van der Waals surface area contributed by atoms with Crippen molar-refractivity contribution in [3.05, 3.63) is 29.3 Å². The van der Waals surface area contributed by atoms with E-state index < -0.39 is 5.97 Å². The van der Waals surface area contributed by atoms with Gasteiger partial charge in [0.15, 0.2) is 0 Å². The van der Waals surface area contributed by atoms with E-state index in [-0.39, 0.29) is 12.2 Å². The van der Waals surface area contributed by atoms with Gasteiger partial charge in [-0.1, -0.05) is 0 Å². The lowest BCUT2D eigenvalue weighted by atomic mass is 10.0. The first-order chi connectivity index (χ1) is 7.54. The van der Waals surface area contributed by atoms with Gasteiger partial charge in [0, 0.05) is 12.1 Å². The molecule has 86 valence electrons. The highest BCUT2D eigenvalue weighted by molar-refractivity contribution is 5.91. The summed E-state index contributed by atoms with van der Waals surface area (Å²) in [4.78, 5) is 22.4. The number of ether oxygens (including phenoxy) is 1. The fourth-order valence-corrected chi connectivity index (χ4v) is 1.37. The van der Waals surface area contributed by atoms with Crippen molar-refractivity contribution in [1.82, 2.24) is 0 Å². The van der Waals surface area contributed by atoms with Gasteiger partial charge in [0.25, 0.3) is 0 Å². The van der Waals surface area contributed by atoms with Crippen molar-refractivity contribution in [3.63, 3.8) is 0 Å². The summed E-state index contributed by atoms with van der Waals surface area (Å²) in [5, 5.41) is 0. The van der Waals surface area contributed by atoms with Crippen LogP contribution in [0.15, 0.2) is 18.2 Å². The lowest BCUT2D eigenvalue weighted by Crippen LogP contribution is -2.07. The number of esters is 1.